The minimum atomic E-state index is -2.51. The van der Waals surface area contributed by atoms with Gasteiger partial charge < -0.3 is 14.4 Å². The third kappa shape index (κ3) is 1.27. The third-order valence-electron chi connectivity index (χ3n) is 5.31. The number of methoxy groups -OCH3 is 1. The molecule has 2 fully saturated rings. The number of likely N-dealkylation sites (N-methyl/N-ethyl adjacent to an activating group) is 1. The van der Waals surface area contributed by atoms with Crippen LogP contribution in [-0.4, -0.2) is 43.5 Å². The third-order valence-corrected chi connectivity index (χ3v) is 5.31. The minimum absolute atomic E-state index is 0.0830. The average Bonchev–Trinajstić information content (AvgIpc) is 2.92. The summed E-state index contributed by atoms with van der Waals surface area (Å²) in [6, 6.07) is -3.04. The normalized spacial score (nSPS) is 55.4. The Bertz CT molecular complexity index is 1000. The lowest BCUT2D eigenvalue weighted by atomic mass is 9.52. The minimum Gasteiger partial charge on any atom is -0.493 e. The summed E-state index contributed by atoms with van der Waals surface area (Å²) in [5.41, 5.74) is -1.74. The van der Waals surface area contributed by atoms with Gasteiger partial charge in [-0.15, -0.1) is 0 Å². The molecule has 0 N–H and O–H groups in total. The van der Waals surface area contributed by atoms with Crippen molar-refractivity contribution >= 4 is 5.78 Å². The van der Waals surface area contributed by atoms with E-state index in [4.69, 9.17) is 16.3 Å². The molecule has 1 aromatic carbocycles. The quantitative estimate of drug-likeness (QED) is 0.795. The fourth-order valence-corrected chi connectivity index (χ4v) is 4.34. The molecule has 22 heavy (non-hydrogen) atoms. The van der Waals surface area contributed by atoms with Crippen LogP contribution < -0.4 is 9.47 Å². The van der Waals surface area contributed by atoms with Crippen molar-refractivity contribution < 1.29 is 23.9 Å². The number of Topliss-reactive ketones (excluding diaryl/α,β-unsaturated/α-hetero) is 1. The number of hydrogen-bond acceptors (Lipinski definition) is 4. The monoisotopic (exact) mass is 306 g/mol. The van der Waals surface area contributed by atoms with Crippen LogP contribution >= 0.6 is 0 Å². The van der Waals surface area contributed by atoms with Crippen LogP contribution in [0.15, 0.2) is 12.1 Å². The molecule has 2 bridgehead atoms. The second kappa shape index (κ2) is 4.05. The Morgan fingerprint density at radius 3 is 3.27 bits per heavy atom. The van der Waals surface area contributed by atoms with E-state index in [-0.39, 0.29) is 48.4 Å². The van der Waals surface area contributed by atoms with Crippen LogP contribution in [0.1, 0.15) is 40.0 Å². The molecule has 4 atom stereocenters. The molecule has 0 aromatic heterocycles. The number of benzene rings is 1. The van der Waals surface area contributed by atoms with Gasteiger partial charge in [-0.1, -0.05) is 6.04 Å². The van der Waals surface area contributed by atoms with E-state index in [2.05, 4.69) is 0 Å². The predicted octanol–water partition coefficient (Wildman–Crippen LogP) is 1.93. The van der Waals surface area contributed by atoms with Crippen molar-refractivity contribution in [3.63, 3.8) is 0 Å². The number of piperidine rings is 1. The average molecular weight is 306 g/mol. The van der Waals surface area contributed by atoms with E-state index in [1.54, 1.807) is 7.05 Å². The van der Waals surface area contributed by atoms with Gasteiger partial charge in [-0.2, -0.15) is 0 Å². The van der Waals surface area contributed by atoms with Crippen LogP contribution in [0, 0.1) is 5.89 Å². The zero-order valence-corrected chi connectivity index (χ0v) is 12.5. The first kappa shape index (κ1) is 7.82. The molecule has 0 amide bonds. The summed E-state index contributed by atoms with van der Waals surface area (Å²) in [6.45, 7) is 0.193. The molecule has 1 aromatic rings. The van der Waals surface area contributed by atoms with Crippen molar-refractivity contribution in [3.8, 4) is 11.5 Å². The summed E-state index contributed by atoms with van der Waals surface area (Å²) in [7, 11) is 2.85. The standard InChI is InChI=1S/C18H21NO3/c1-19-8-7-18-11-4-5-13(20)17(18)22-16-14(21-2)6-3-10(15(16)18)9-12(11)19/h3,6,11-12,17H,4-5,7-9H2,1-2H3/t11-,12+,17?,18-/m0/s1/i3D,6D,9D2,11D,12D,17D. The molecule has 5 rings (SSSR count). The molecular weight excluding hydrogens is 278 g/mol. The molecule has 4 heteroatoms. The molecule has 2 aliphatic carbocycles. The molecule has 1 unspecified atom stereocenters. The van der Waals surface area contributed by atoms with E-state index in [0.717, 1.165) is 0 Å². The largest absolute Gasteiger partial charge is 0.493 e. The van der Waals surface area contributed by atoms with Crippen LogP contribution in [0.4, 0.5) is 0 Å². The van der Waals surface area contributed by atoms with Gasteiger partial charge in [0.15, 0.2) is 23.4 Å². The first-order valence-electron chi connectivity index (χ1n) is 11.0. The van der Waals surface area contributed by atoms with Gasteiger partial charge >= 0.3 is 0 Å². The number of nitrogens with zero attached hydrogens (tertiary/aromatic N) is 1. The Morgan fingerprint density at radius 1 is 1.59 bits per heavy atom. The van der Waals surface area contributed by atoms with Crippen LogP contribution in [0.5, 0.6) is 11.5 Å². The van der Waals surface area contributed by atoms with Crippen molar-refractivity contribution in [2.45, 2.75) is 43.1 Å². The predicted molar refractivity (Wildman–Crippen MR) is 81.6 cm³/mol. The summed E-state index contributed by atoms with van der Waals surface area (Å²) in [6.07, 6.45) is -4.85. The molecule has 2 heterocycles. The Morgan fingerprint density at radius 2 is 2.45 bits per heavy atom. The highest BCUT2D eigenvalue weighted by atomic mass is 16.5. The van der Waals surface area contributed by atoms with E-state index in [1.807, 2.05) is 0 Å². The first-order valence-corrected chi connectivity index (χ1v) is 7.52. The maximum absolute atomic E-state index is 13.0. The first-order chi connectivity index (χ1) is 13.4. The van der Waals surface area contributed by atoms with Gasteiger partial charge in [-0.3, -0.25) is 4.79 Å². The van der Waals surface area contributed by atoms with Gasteiger partial charge in [0.1, 0.15) is 0 Å². The maximum atomic E-state index is 13.0. The van der Waals surface area contributed by atoms with Crippen molar-refractivity contribution in [2.24, 2.45) is 5.89 Å². The molecular formula is C18H21NO3. The van der Waals surface area contributed by atoms with E-state index in [9.17, 15) is 7.54 Å². The summed E-state index contributed by atoms with van der Waals surface area (Å²) >= 11 is 0. The number of likely N-dealkylation sites (tertiary alicyclic amines) is 1. The molecule has 4 nitrogen and oxygen atoms in total. The highest BCUT2D eigenvalue weighted by Crippen LogP contribution is 2.62. The SMILES string of the molecule is [2H]c1c([2H])c2c3c(c1OC)OC1([2H])C(=O)CC[C@]4([2H])[C@@]31CCN(C)[C@]4([2H])C2([2H])[2H]. The van der Waals surface area contributed by atoms with Gasteiger partial charge in [-0.25, -0.2) is 0 Å². The number of carbonyl (C=O) groups excluding carboxylic acids is 1. The number of hydrogen-bond donors (Lipinski definition) is 0. The number of rotatable bonds is 1. The topological polar surface area (TPSA) is 38.8 Å². The zero-order chi connectivity index (χ0) is 21.4. The Kier molecular flexibility index (Phi) is 1.44. The zero-order valence-electron chi connectivity index (χ0n) is 19.5. The smallest absolute Gasteiger partial charge is 0.174 e. The number of carbonyl (C=O) groups is 1. The molecule has 116 valence electrons. The lowest BCUT2D eigenvalue weighted by Gasteiger charge is -2.57. The van der Waals surface area contributed by atoms with Gasteiger partial charge in [0.2, 0.25) is 0 Å². The van der Waals surface area contributed by atoms with Gasteiger partial charge in [-0.05, 0) is 50.3 Å². The fraction of sp³-hybridized carbons (Fsp3) is 0.611. The van der Waals surface area contributed by atoms with Crippen LogP contribution in [0.2, 0.25) is 0 Å². The van der Waals surface area contributed by atoms with Crippen LogP contribution in [0.25, 0.3) is 0 Å². The van der Waals surface area contributed by atoms with Crippen molar-refractivity contribution in [1.29, 1.82) is 0 Å². The van der Waals surface area contributed by atoms with E-state index in [0.29, 0.717) is 0 Å². The Balaban J connectivity index is 2.06. The summed E-state index contributed by atoms with van der Waals surface area (Å²) < 4.78 is 73.7. The highest BCUT2D eigenvalue weighted by molar-refractivity contribution is 5.89. The van der Waals surface area contributed by atoms with Crippen LogP contribution in [0.3, 0.4) is 0 Å². The lowest BCUT2D eigenvalue weighted by molar-refractivity contribution is -0.138. The van der Waals surface area contributed by atoms with Gasteiger partial charge in [0, 0.05) is 28.9 Å². The Labute approximate surface area is 140 Å². The lowest BCUT2D eigenvalue weighted by Crippen LogP contribution is -2.65. The summed E-state index contributed by atoms with van der Waals surface area (Å²) in [5.74, 6) is -2.63. The molecule has 2 aliphatic heterocycles. The van der Waals surface area contributed by atoms with E-state index in [1.165, 1.54) is 12.0 Å². The summed E-state index contributed by atoms with van der Waals surface area (Å²) in [4.78, 5) is 14.5. The van der Waals surface area contributed by atoms with Crippen molar-refractivity contribution in [1.82, 2.24) is 4.90 Å². The Hall–Kier alpha value is -1.55. The summed E-state index contributed by atoms with van der Waals surface area (Å²) in [5, 5.41) is 0. The van der Waals surface area contributed by atoms with Crippen molar-refractivity contribution in [2.75, 3.05) is 20.7 Å². The van der Waals surface area contributed by atoms with Crippen molar-refractivity contribution in [3.05, 3.63) is 23.2 Å². The molecule has 1 saturated carbocycles. The van der Waals surface area contributed by atoms with Gasteiger partial charge in [0.05, 0.1) is 11.2 Å². The fourth-order valence-electron chi connectivity index (χ4n) is 4.34. The number of ketones is 1. The molecule has 1 saturated heterocycles. The number of ether oxygens (including phenoxy) is 2. The molecule has 1 spiro atoms. The second-order valence-corrected chi connectivity index (χ2v) is 6.25. The van der Waals surface area contributed by atoms with Crippen LogP contribution in [-0.2, 0) is 16.6 Å². The second-order valence-electron chi connectivity index (χ2n) is 6.25. The van der Waals surface area contributed by atoms with E-state index < -0.39 is 47.6 Å². The molecule has 4 aliphatic rings. The van der Waals surface area contributed by atoms with Gasteiger partial charge in [0.25, 0.3) is 0 Å². The van der Waals surface area contributed by atoms with E-state index >= 15 is 0 Å². The highest BCUT2D eigenvalue weighted by Gasteiger charge is 2.65. The maximum Gasteiger partial charge on any atom is 0.174 e. The molecule has 0 radical (unpaired) electrons.